The average Bonchev–Trinajstić information content (AvgIpc) is 3.08. The smallest absolute Gasteiger partial charge is 0.253 e. The highest BCUT2D eigenvalue weighted by Crippen LogP contribution is 2.25. The number of carbonyl (C=O) groups excluding carboxylic acids is 1. The first kappa shape index (κ1) is 18.1. The van der Waals surface area contributed by atoms with Gasteiger partial charge in [0.1, 0.15) is 5.65 Å². The van der Waals surface area contributed by atoms with Crippen LogP contribution in [0.4, 0.5) is 0 Å². The third-order valence-corrected chi connectivity index (χ3v) is 6.10. The van der Waals surface area contributed by atoms with E-state index in [1.807, 2.05) is 58.0 Å². The van der Waals surface area contributed by atoms with Gasteiger partial charge in [-0.05, 0) is 54.7 Å². The zero-order valence-corrected chi connectivity index (χ0v) is 16.7. The van der Waals surface area contributed by atoms with Crippen LogP contribution in [0.25, 0.3) is 5.65 Å². The van der Waals surface area contributed by atoms with E-state index in [4.69, 9.17) is 0 Å². The maximum atomic E-state index is 12.8. The lowest BCUT2D eigenvalue weighted by Gasteiger charge is -2.35. The minimum Gasteiger partial charge on any atom is -0.338 e. The standard InChI is InChI=1S/C22H25N3OS/c1-16-11-17(2)13-25(12-16)22(26)18-6-8-20(9-7-18)27-15-19-14-24-10-4-3-5-21(24)23-19/h3-10,14,16-17H,11-13,15H2,1-2H3. The molecule has 3 aromatic rings. The van der Waals surface area contributed by atoms with Crippen molar-refractivity contribution in [1.82, 2.24) is 14.3 Å². The van der Waals surface area contributed by atoms with Crippen LogP contribution >= 0.6 is 11.8 Å². The van der Waals surface area contributed by atoms with Gasteiger partial charge < -0.3 is 9.30 Å². The summed E-state index contributed by atoms with van der Waals surface area (Å²) in [4.78, 5) is 20.6. The van der Waals surface area contributed by atoms with Gasteiger partial charge in [0.2, 0.25) is 0 Å². The molecule has 0 radical (unpaired) electrons. The molecule has 0 spiro atoms. The van der Waals surface area contributed by atoms with Crippen molar-refractivity contribution in [3.63, 3.8) is 0 Å². The zero-order chi connectivity index (χ0) is 18.8. The van der Waals surface area contributed by atoms with Gasteiger partial charge >= 0.3 is 0 Å². The monoisotopic (exact) mass is 379 g/mol. The number of thioether (sulfide) groups is 1. The zero-order valence-electron chi connectivity index (χ0n) is 15.8. The molecule has 27 heavy (non-hydrogen) atoms. The number of piperidine rings is 1. The maximum absolute atomic E-state index is 12.8. The first-order valence-electron chi connectivity index (χ1n) is 9.53. The summed E-state index contributed by atoms with van der Waals surface area (Å²) >= 11 is 1.74. The Hall–Kier alpha value is -2.27. The fourth-order valence-electron chi connectivity index (χ4n) is 3.92. The molecule has 1 amide bonds. The fourth-order valence-corrected chi connectivity index (χ4v) is 4.70. The number of imidazole rings is 1. The number of carbonyl (C=O) groups is 1. The van der Waals surface area contributed by atoms with Crippen molar-refractivity contribution in [1.29, 1.82) is 0 Å². The molecule has 4 nitrogen and oxygen atoms in total. The van der Waals surface area contributed by atoms with Gasteiger partial charge in [-0.25, -0.2) is 4.98 Å². The Kier molecular flexibility index (Phi) is 5.21. The second-order valence-electron chi connectivity index (χ2n) is 7.67. The van der Waals surface area contributed by atoms with Crippen LogP contribution in [-0.2, 0) is 5.75 Å². The van der Waals surface area contributed by atoms with Crippen LogP contribution in [0.2, 0.25) is 0 Å². The predicted molar refractivity (Wildman–Crippen MR) is 110 cm³/mol. The topological polar surface area (TPSA) is 37.6 Å². The highest BCUT2D eigenvalue weighted by atomic mass is 32.2. The Balaban J connectivity index is 1.39. The third kappa shape index (κ3) is 4.19. The van der Waals surface area contributed by atoms with Crippen LogP contribution in [0, 0.1) is 11.8 Å². The summed E-state index contributed by atoms with van der Waals surface area (Å²) in [6.45, 7) is 6.20. The molecule has 2 aromatic heterocycles. The summed E-state index contributed by atoms with van der Waals surface area (Å²) in [7, 11) is 0. The summed E-state index contributed by atoms with van der Waals surface area (Å²) in [6, 6.07) is 14.0. The largest absolute Gasteiger partial charge is 0.338 e. The molecule has 1 fully saturated rings. The van der Waals surface area contributed by atoms with Crippen molar-refractivity contribution < 1.29 is 4.79 Å². The van der Waals surface area contributed by atoms with E-state index in [1.165, 1.54) is 6.42 Å². The van der Waals surface area contributed by atoms with Gasteiger partial charge in [-0.3, -0.25) is 4.79 Å². The van der Waals surface area contributed by atoms with Gasteiger partial charge in [0.05, 0.1) is 5.69 Å². The van der Waals surface area contributed by atoms with Crippen LogP contribution < -0.4 is 0 Å². The molecule has 1 aliphatic rings. The van der Waals surface area contributed by atoms with Crippen LogP contribution in [0.1, 0.15) is 36.3 Å². The van der Waals surface area contributed by atoms with E-state index in [9.17, 15) is 4.79 Å². The highest BCUT2D eigenvalue weighted by molar-refractivity contribution is 7.98. The molecule has 0 bridgehead atoms. The van der Waals surface area contributed by atoms with Crippen LogP contribution in [-0.4, -0.2) is 33.3 Å². The number of hydrogen-bond acceptors (Lipinski definition) is 3. The van der Waals surface area contributed by atoms with E-state index in [0.717, 1.165) is 40.6 Å². The Bertz CT molecular complexity index is 891. The number of pyridine rings is 1. The van der Waals surface area contributed by atoms with Crippen molar-refractivity contribution in [2.24, 2.45) is 11.8 Å². The number of rotatable bonds is 4. The van der Waals surface area contributed by atoms with Gasteiger partial charge in [-0.1, -0.05) is 19.9 Å². The van der Waals surface area contributed by atoms with Gasteiger partial charge in [-0.2, -0.15) is 0 Å². The number of amides is 1. The van der Waals surface area contributed by atoms with Crippen molar-refractivity contribution in [2.45, 2.75) is 30.9 Å². The summed E-state index contributed by atoms with van der Waals surface area (Å²) in [6.07, 6.45) is 5.29. The van der Waals surface area contributed by atoms with Crippen LogP contribution in [0.15, 0.2) is 59.8 Å². The summed E-state index contributed by atoms with van der Waals surface area (Å²) < 4.78 is 2.04. The molecule has 3 heterocycles. The molecular weight excluding hydrogens is 354 g/mol. The summed E-state index contributed by atoms with van der Waals surface area (Å²) in [5.41, 5.74) is 2.81. The first-order valence-corrected chi connectivity index (χ1v) is 10.5. The second-order valence-corrected chi connectivity index (χ2v) is 8.72. The van der Waals surface area contributed by atoms with Gasteiger partial charge in [0.15, 0.2) is 0 Å². The van der Waals surface area contributed by atoms with E-state index >= 15 is 0 Å². The third-order valence-electron chi connectivity index (χ3n) is 5.06. The molecule has 2 atom stereocenters. The molecule has 140 valence electrons. The molecule has 1 saturated heterocycles. The molecule has 1 aliphatic heterocycles. The Morgan fingerprint density at radius 3 is 2.56 bits per heavy atom. The van der Waals surface area contributed by atoms with Crippen LogP contribution in [0.5, 0.6) is 0 Å². The van der Waals surface area contributed by atoms with Gasteiger partial charge in [0, 0.05) is 41.7 Å². The van der Waals surface area contributed by atoms with E-state index in [2.05, 4.69) is 25.0 Å². The number of aromatic nitrogens is 2. The van der Waals surface area contributed by atoms with Gasteiger partial charge in [0.25, 0.3) is 5.91 Å². The quantitative estimate of drug-likeness (QED) is 0.614. The van der Waals surface area contributed by atoms with Crippen molar-refractivity contribution >= 4 is 23.3 Å². The average molecular weight is 380 g/mol. The van der Waals surface area contributed by atoms with E-state index < -0.39 is 0 Å². The molecule has 2 unspecified atom stereocenters. The molecule has 0 saturated carbocycles. The Morgan fingerprint density at radius 1 is 1.11 bits per heavy atom. The van der Waals surface area contributed by atoms with Gasteiger partial charge in [-0.15, -0.1) is 11.8 Å². The summed E-state index contributed by atoms with van der Waals surface area (Å²) in [5.74, 6) is 2.14. The lowest BCUT2D eigenvalue weighted by molar-refractivity contribution is 0.0623. The lowest BCUT2D eigenvalue weighted by Crippen LogP contribution is -2.42. The molecule has 4 rings (SSSR count). The molecule has 5 heteroatoms. The highest BCUT2D eigenvalue weighted by Gasteiger charge is 2.26. The van der Waals surface area contributed by atoms with Crippen molar-refractivity contribution in [3.8, 4) is 0 Å². The summed E-state index contributed by atoms with van der Waals surface area (Å²) in [5, 5.41) is 0. The van der Waals surface area contributed by atoms with Crippen molar-refractivity contribution in [3.05, 3.63) is 66.1 Å². The number of nitrogens with zero attached hydrogens (tertiary/aromatic N) is 3. The Morgan fingerprint density at radius 2 is 1.85 bits per heavy atom. The number of benzene rings is 1. The number of likely N-dealkylation sites (tertiary alicyclic amines) is 1. The maximum Gasteiger partial charge on any atom is 0.253 e. The Labute approximate surface area is 164 Å². The lowest BCUT2D eigenvalue weighted by atomic mass is 9.91. The van der Waals surface area contributed by atoms with E-state index in [0.29, 0.717) is 11.8 Å². The minimum atomic E-state index is 0.158. The van der Waals surface area contributed by atoms with E-state index in [1.54, 1.807) is 11.8 Å². The normalized spacial score (nSPS) is 20.1. The second kappa shape index (κ2) is 7.77. The van der Waals surface area contributed by atoms with E-state index in [-0.39, 0.29) is 5.91 Å². The van der Waals surface area contributed by atoms with Crippen molar-refractivity contribution in [2.75, 3.05) is 13.1 Å². The molecule has 1 aromatic carbocycles. The number of fused-ring (bicyclic) bond motifs is 1. The molecule has 0 aliphatic carbocycles. The SMILES string of the molecule is CC1CC(C)CN(C(=O)c2ccc(SCc3cn4ccccc4n3)cc2)C1. The minimum absolute atomic E-state index is 0.158. The fraction of sp³-hybridized carbons (Fsp3) is 0.364. The van der Waals surface area contributed by atoms with Crippen LogP contribution in [0.3, 0.4) is 0 Å². The molecular formula is C22H25N3OS. The predicted octanol–water partition coefficient (Wildman–Crippen LogP) is 4.74. The number of hydrogen-bond donors (Lipinski definition) is 0. The first-order chi connectivity index (χ1) is 13.1. The molecule has 0 N–H and O–H groups in total.